The largest absolute Gasteiger partial charge is 0.318 e. The van der Waals surface area contributed by atoms with Crippen molar-refractivity contribution >= 4 is 63.5 Å². The molecule has 0 radical (unpaired) electrons. The fraction of sp³-hybridized carbons (Fsp3) is 0.0870. The Morgan fingerprint density at radius 1 is 0.967 bits per heavy atom. The number of nitrogens with one attached hydrogen (secondary N) is 1. The van der Waals surface area contributed by atoms with Crippen LogP contribution in [0.4, 0.5) is 5.69 Å². The van der Waals surface area contributed by atoms with Gasteiger partial charge in [-0.15, -0.1) is 0 Å². The van der Waals surface area contributed by atoms with E-state index in [1.807, 2.05) is 62.4 Å². The average Bonchev–Trinajstić information content (AvgIpc) is 3.00. The number of benzene rings is 2. The van der Waals surface area contributed by atoms with Crippen molar-refractivity contribution in [2.75, 3.05) is 4.90 Å². The third kappa shape index (κ3) is 3.70. The number of aryl methyl sites for hydroxylation is 1. The second kappa shape index (κ2) is 8.16. The number of hydrogen-bond donors (Lipinski definition) is 1. The van der Waals surface area contributed by atoms with Crippen molar-refractivity contribution in [2.24, 2.45) is 0 Å². The Morgan fingerprint density at radius 2 is 1.63 bits per heavy atom. The molecule has 1 N–H and O–H groups in total. The highest BCUT2D eigenvalue weighted by Crippen LogP contribution is 2.26. The van der Waals surface area contributed by atoms with Gasteiger partial charge in [-0.05, 0) is 103 Å². The van der Waals surface area contributed by atoms with Gasteiger partial charge in [-0.3, -0.25) is 19.8 Å². The van der Waals surface area contributed by atoms with Gasteiger partial charge in [0.15, 0.2) is 5.11 Å². The number of para-hydroxylation sites is 1. The van der Waals surface area contributed by atoms with Crippen LogP contribution in [0.15, 0.2) is 66.2 Å². The van der Waals surface area contributed by atoms with E-state index in [2.05, 4.69) is 32.5 Å². The number of nitrogens with zero attached hydrogens (tertiary/aromatic N) is 2. The lowest BCUT2D eigenvalue weighted by atomic mass is 10.1. The highest BCUT2D eigenvalue weighted by Gasteiger charge is 2.34. The molecule has 0 aliphatic carbocycles. The van der Waals surface area contributed by atoms with Gasteiger partial charge in [-0.2, -0.15) is 0 Å². The highest BCUT2D eigenvalue weighted by molar-refractivity contribution is 14.1. The van der Waals surface area contributed by atoms with E-state index in [1.54, 1.807) is 18.2 Å². The molecule has 1 aromatic heterocycles. The van der Waals surface area contributed by atoms with Crippen LogP contribution in [-0.4, -0.2) is 21.5 Å². The molecule has 0 atom stereocenters. The van der Waals surface area contributed by atoms with E-state index in [9.17, 15) is 9.59 Å². The zero-order valence-electron chi connectivity index (χ0n) is 16.3. The topological polar surface area (TPSA) is 54.3 Å². The Bertz CT molecular complexity index is 1200. The first kappa shape index (κ1) is 20.5. The van der Waals surface area contributed by atoms with Crippen LogP contribution in [-0.2, 0) is 9.59 Å². The molecule has 2 heterocycles. The predicted octanol–water partition coefficient (Wildman–Crippen LogP) is 4.53. The Hall–Kier alpha value is -2.78. The van der Waals surface area contributed by atoms with E-state index in [0.29, 0.717) is 5.69 Å². The molecule has 3 aromatic rings. The van der Waals surface area contributed by atoms with Crippen LogP contribution in [0.25, 0.3) is 11.8 Å². The van der Waals surface area contributed by atoms with Crippen LogP contribution in [0.3, 0.4) is 0 Å². The average molecular weight is 527 g/mol. The Kier molecular flexibility index (Phi) is 5.57. The molecule has 0 bridgehead atoms. The van der Waals surface area contributed by atoms with Crippen molar-refractivity contribution in [3.05, 3.63) is 86.8 Å². The highest BCUT2D eigenvalue weighted by atomic mass is 127. The molecule has 2 aromatic carbocycles. The summed E-state index contributed by atoms with van der Waals surface area (Å²) in [4.78, 5) is 27.1. The second-order valence-corrected chi connectivity index (χ2v) is 8.56. The minimum Gasteiger partial charge on any atom is -0.318 e. The summed E-state index contributed by atoms with van der Waals surface area (Å²) in [5, 5.41) is 2.71. The molecular weight excluding hydrogens is 509 g/mol. The van der Waals surface area contributed by atoms with Gasteiger partial charge in [0, 0.05) is 20.6 Å². The van der Waals surface area contributed by atoms with E-state index < -0.39 is 11.8 Å². The molecule has 5 nitrogen and oxygen atoms in total. The fourth-order valence-electron chi connectivity index (χ4n) is 3.55. The number of hydrogen-bond acceptors (Lipinski definition) is 3. The number of thiocarbonyl (C=S) groups is 1. The molecule has 7 heteroatoms. The summed E-state index contributed by atoms with van der Waals surface area (Å²) in [6.45, 7) is 3.98. The number of anilines is 1. The van der Waals surface area contributed by atoms with Gasteiger partial charge < -0.3 is 4.57 Å². The van der Waals surface area contributed by atoms with Gasteiger partial charge in [0.25, 0.3) is 11.8 Å². The summed E-state index contributed by atoms with van der Waals surface area (Å²) in [5.41, 5.74) is 4.46. The molecule has 1 aliphatic rings. The summed E-state index contributed by atoms with van der Waals surface area (Å²) >= 11 is 7.52. The SMILES string of the molecule is Cc1cc(C=C2C(=O)NC(=S)N(c3ccccc3)C2=O)c(C)n1-c1ccc(I)cc1. The van der Waals surface area contributed by atoms with Gasteiger partial charge in [0.05, 0.1) is 5.69 Å². The first-order chi connectivity index (χ1) is 14.4. The van der Waals surface area contributed by atoms with Gasteiger partial charge in [-0.1, -0.05) is 18.2 Å². The van der Waals surface area contributed by atoms with Crippen LogP contribution < -0.4 is 10.2 Å². The summed E-state index contributed by atoms with van der Waals surface area (Å²) in [6, 6.07) is 19.2. The molecule has 30 heavy (non-hydrogen) atoms. The Balaban J connectivity index is 1.76. The van der Waals surface area contributed by atoms with Crippen LogP contribution in [0, 0.1) is 17.4 Å². The standard InChI is InChI=1S/C23H18IN3O2S/c1-14-12-16(15(2)26(14)19-10-8-17(24)9-11-19)13-20-21(28)25-23(30)27(22(20)29)18-6-4-3-5-7-18/h3-13H,1-2H3,(H,25,28,30). The zero-order valence-corrected chi connectivity index (χ0v) is 19.3. The maximum absolute atomic E-state index is 13.2. The summed E-state index contributed by atoms with van der Waals surface area (Å²) in [6.07, 6.45) is 1.64. The van der Waals surface area contributed by atoms with Crippen molar-refractivity contribution in [2.45, 2.75) is 13.8 Å². The maximum atomic E-state index is 13.2. The Morgan fingerprint density at radius 3 is 2.30 bits per heavy atom. The number of aromatic nitrogens is 1. The maximum Gasteiger partial charge on any atom is 0.270 e. The van der Waals surface area contributed by atoms with E-state index in [0.717, 1.165) is 26.2 Å². The fourth-order valence-corrected chi connectivity index (χ4v) is 4.19. The van der Waals surface area contributed by atoms with Crippen LogP contribution in [0.2, 0.25) is 0 Å². The number of carbonyl (C=O) groups excluding carboxylic acids is 2. The van der Waals surface area contributed by atoms with Crippen molar-refractivity contribution in [3.8, 4) is 5.69 Å². The van der Waals surface area contributed by atoms with Crippen LogP contribution in [0.5, 0.6) is 0 Å². The molecule has 1 fully saturated rings. The molecule has 1 aliphatic heterocycles. The van der Waals surface area contributed by atoms with Gasteiger partial charge in [0.1, 0.15) is 5.57 Å². The normalized spacial score (nSPS) is 15.6. The third-order valence-corrected chi connectivity index (χ3v) is 5.97. The van der Waals surface area contributed by atoms with E-state index in [4.69, 9.17) is 12.2 Å². The number of amides is 2. The second-order valence-electron chi connectivity index (χ2n) is 6.93. The molecule has 0 saturated carbocycles. The minimum atomic E-state index is -0.490. The quantitative estimate of drug-likeness (QED) is 0.236. The lowest BCUT2D eigenvalue weighted by molar-refractivity contribution is -0.122. The molecule has 150 valence electrons. The van der Waals surface area contributed by atoms with Crippen molar-refractivity contribution in [1.29, 1.82) is 0 Å². The van der Waals surface area contributed by atoms with E-state index in [-0.39, 0.29) is 10.7 Å². The number of carbonyl (C=O) groups is 2. The zero-order chi connectivity index (χ0) is 21.4. The van der Waals surface area contributed by atoms with Gasteiger partial charge in [0.2, 0.25) is 0 Å². The summed E-state index contributed by atoms with van der Waals surface area (Å²) in [7, 11) is 0. The molecule has 1 saturated heterocycles. The predicted molar refractivity (Wildman–Crippen MR) is 131 cm³/mol. The van der Waals surface area contributed by atoms with Crippen molar-refractivity contribution < 1.29 is 9.59 Å². The third-order valence-electron chi connectivity index (χ3n) is 4.97. The monoisotopic (exact) mass is 527 g/mol. The summed E-state index contributed by atoms with van der Waals surface area (Å²) < 4.78 is 3.26. The van der Waals surface area contributed by atoms with E-state index >= 15 is 0 Å². The molecular formula is C23H18IN3O2S. The minimum absolute atomic E-state index is 0.0512. The number of halogens is 1. The molecule has 2 amide bonds. The van der Waals surface area contributed by atoms with Crippen molar-refractivity contribution in [1.82, 2.24) is 9.88 Å². The lowest BCUT2D eigenvalue weighted by Gasteiger charge is -2.28. The lowest BCUT2D eigenvalue weighted by Crippen LogP contribution is -2.54. The molecule has 0 spiro atoms. The van der Waals surface area contributed by atoms with Crippen molar-refractivity contribution in [3.63, 3.8) is 0 Å². The first-order valence-corrected chi connectivity index (χ1v) is 10.8. The Labute approximate surface area is 193 Å². The van der Waals surface area contributed by atoms with Crippen LogP contribution in [0.1, 0.15) is 17.0 Å². The van der Waals surface area contributed by atoms with E-state index in [1.165, 1.54) is 4.90 Å². The van der Waals surface area contributed by atoms with Crippen LogP contribution >= 0.6 is 34.8 Å². The van der Waals surface area contributed by atoms with Gasteiger partial charge >= 0.3 is 0 Å². The smallest absolute Gasteiger partial charge is 0.270 e. The van der Waals surface area contributed by atoms with Gasteiger partial charge in [-0.25, -0.2) is 0 Å². The summed E-state index contributed by atoms with van der Waals surface area (Å²) in [5.74, 6) is -0.926. The molecule has 0 unspecified atom stereocenters. The molecule has 4 rings (SSSR count). The first-order valence-electron chi connectivity index (χ1n) is 9.28. The number of rotatable bonds is 3.